The van der Waals surface area contributed by atoms with Crippen LogP contribution in [0.4, 0.5) is 5.69 Å². The average Bonchev–Trinajstić information content (AvgIpc) is 2.92. The zero-order valence-electron chi connectivity index (χ0n) is 15.7. The molecule has 1 aliphatic rings. The number of nitrogens with one attached hydrogen (secondary N) is 1. The molecule has 0 aliphatic carbocycles. The van der Waals surface area contributed by atoms with E-state index in [4.69, 9.17) is 4.74 Å². The van der Waals surface area contributed by atoms with Gasteiger partial charge in [-0.25, -0.2) is 0 Å². The number of hydrogen-bond acceptors (Lipinski definition) is 3. The molecule has 23 heavy (non-hydrogen) atoms. The molecule has 1 fully saturated rings. The second-order valence-corrected chi connectivity index (χ2v) is 8.29. The van der Waals surface area contributed by atoms with Crippen LogP contribution in [0.25, 0.3) is 0 Å². The van der Waals surface area contributed by atoms with Crippen LogP contribution in [0, 0.1) is 5.92 Å². The first-order valence-corrected chi connectivity index (χ1v) is 8.99. The van der Waals surface area contributed by atoms with Crippen LogP contribution in [0.1, 0.15) is 59.6 Å². The van der Waals surface area contributed by atoms with E-state index in [0.29, 0.717) is 18.1 Å². The smallest absolute Gasteiger partial charge is 0.0766 e. The fourth-order valence-electron chi connectivity index (χ4n) is 3.13. The van der Waals surface area contributed by atoms with Crippen LogP contribution in [0.15, 0.2) is 24.3 Å². The molecule has 1 aliphatic heterocycles. The third-order valence-corrected chi connectivity index (χ3v) is 4.22. The van der Waals surface area contributed by atoms with Crippen LogP contribution < -0.4 is 10.2 Å². The first-order chi connectivity index (χ1) is 10.7. The average molecular weight is 319 g/mol. The molecule has 3 nitrogen and oxygen atoms in total. The van der Waals surface area contributed by atoms with Gasteiger partial charge in [-0.15, -0.1) is 0 Å². The molecule has 0 radical (unpaired) electrons. The van der Waals surface area contributed by atoms with E-state index >= 15 is 0 Å². The summed E-state index contributed by atoms with van der Waals surface area (Å²) in [5, 5.41) is 3.63. The molecule has 2 atom stereocenters. The summed E-state index contributed by atoms with van der Waals surface area (Å²) in [5.41, 5.74) is 2.79. The van der Waals surface area contributed by atoms with E-state index in [0.717, 1.165) is 26.1 Å². The Morgan fingerprint density at radius 3 is 2.39 bits per heavy atom. The summed E-state index contributed by atoms with van der Waals surface area (Å²) in [6, 6.07) is 9.37. The van der Waals surface area contributed by atoms with Crippen molar-refractivity contribution in [2.75, 3.05) is 24.6 Å². The van der Waals surface area contributed by atoms with E-state index in [1.54, 1.807) is 0 Å². The van der Waals surface area contributed by atoms with Crippen molar-refractivity contribution < 1.29 is 4.74 Å². The highest BCUT2D eigenvalue weighted by Gasteiger charge is 2.23. The molecule has 0 saturated carbocycles. The fourth-order valence-corrected chi connectivity index (χ4v) is 3.13. The van der Waals surface area contributed by atoms with Gasteiger partial charge in [-0.1, -0.05) is 26.0 Å². The maximum Gasteiger partial charge on any atom is 0.0766 e. The third kappa shape index (κ3) is 5.82. The number of benzene rings is 1. The van der Waals surface area contributed by atoms with Crippen LogP contribution in [-0.4, -0.2) is 31.3 Å². The molecule has 0 spiro atoms. The molecule has 0 aromatic heterocycles. The van der Waals surface area contributed by atoms with Crippen molar-refractivity contribution in [3.63, 3.8) is 0 Å². The fraction of sp³-hybridized carbons (Fsp3) is 0.700. The van der Waals surface area contributed by atoms with E-state index in [1.807, 2.05) is 0 Å². The summed E-state index contributed by atoms with van der Waals surface area (Å²) in [7, 11) is 0. The van der Waals surface area contributed by atoms with Crippen molar-refractivity contribution in [3.05, 3.63) is 29.8 Å². The van der Waals surface area contributed by atoms with Crippen molar-refractivity contribution in [1.82, 2.24) is 5.32 Å². The molecular formula is C20H34N2O. The molecular weight excluding hydrogens is 284 g/mol. The highest BCUT2D eigenvalue weighted by molar-refractivity contribution is 5.49. The van der Waals surface area contributed by atoms with Crippen molar-refractivity contribution >= 4 is 5.69 Å². The summed E-state index contributed by atoms with van der Waals surface area (Å²) in [6.45, 7) is 16.2. The second kappa shape index (κ2) is 7.67. The maximum absolute atomic E-state index is 5.98. The lowest BCUT2D eigenvalue weighted by Gasteiger charge is -2.27. The highest BCUT2D eigenvalue weighted by atomic mass is 16.5. The minimum atomic E-state index is 0.133. The largest absolute Gasteiger partial charge is 0.376 e. The molecule has 1 aromatic carbocycles. The van der Waals surface area contributed by atoms with Gasteiger partial charge in [0, 0.05) is 37.0 Å². The topological polar surface area (TPSA) is 24.5 Å². The normalized spacial score (nSPS) is 20.3. The Labute approximate surface area is 142 Å². The minimum absolute atomic E-state index is 0.133. The molecule has 1 aromatic rings. The van der Waals surface area contributed by atoms with Gasteiger partial charge < -0.3 is 15.0 Å². The molecule has 1 heterocycles. The van der Waals surface area contributed by atoms with Gasteiger partial charge in [0.25, 0.3) is 0 Å². The van der Waals surface area contributed by atoms with E-state index in [1.165, 1.54) is 11.3 Å². The minimum Gasteiger partial charge on any atom is -0.376 e. The van der Waals surface area contributed by atoms with Gasteiger partial charge in [-0.2, -0.15) is 0 Å². The Morgan fingerprint density at radius 1 is 1.17 bits per heavy atom. The number of hydrogen-bond donors (Lipinski definition) is 1. The van der Waals surface area contributed by atoms with Gasteiger partial charge in [-0.3, -0.25) is 0 Å². The molecule has 0 bridgehead atoms. The summed E-state index contributed by atoms with van der Waals surface area (Å²) in [5.74, 6) is 0.611. The number of ether oxygens (including phenoxy) is 1. The quantitative estimate of drug-likeness (QED) is 0.842. The second-order valence-electron chi connectivity index (χ2n) is 8.29. The Kier molecular flexibility index (Phi) is 6.10. The molecule has 2 rings (SSSR count). The standard InChI is InChI=1S/C20H34N2O/c1-15(2)14-23-19-11-12-22(13-19)18-9-7-17(8-10-18)16(3)21-20(4,5)6/h7-10,15-16,19,21H,11-14H2,1-6H3/t16?,19-/m1/s1. The summed E-state index contributed by atoms with van der Waals surface area (Å²) < 4.78 is 5.98. The van der Waals surface area contributed by atoms with Gasteiger partial charge in [0.1, 0.15) is 0 Å². The molecule has 130 valence electrons. The molecule has 3 heteroatoms. The van der Waals surface area contributed by atoms with Gasteiger partial charge in [0.2, 0.25) is 0 Å². The summed E-state index contributed by atoms with van der Waals surface area (Å²) >= 11 is 0. The number of anilines is 1. The van der Waals surface area contributed by atoms with E-state index in [9.17, 15) is 0 Å². The summed E-state index contributed by atoms with van der Waals surface area (Å²) in [4.78, 5) is 2.44. The van der Waals surface area contributed by atoms with Crippen LogP contribution in [0.5, 0.6) is 0 Å². The molecule has 1 saturated heterocycles. The first kappa shape index (κ1) is 18.3. The van der Waals surface area contributed by atoms with Crippen LogP contribution in [-0.2, 0) is 4.74 Å². The van der Waals surface area contributed by atoms with E-state index in [2.05, 4.69) is 76.0 Å². The van der Waals surface area contributed by atoms with Gasteiger partial charge in [0.15, 0.2) is 0 Å². The molecule has 0 amide bonds. The van der Waals surface area contributed by atoms with Gasteiger partial charge in [-0.05, 0) is 57.7 Å². The predicted molar refractivity (Wildman–Crippen MR) is 99.2 cm³/mol. The van der Waals surface area contributed by atoms with Crippen molar-refractivity contribution in [2.24, 2.45) is 5.92 Å². The molecule has 1 unspecified atom stereocenters. The number of rotatable bonds is 6. The van der Waals surface area contributed by atoms with Crippen molar-refractivity contribution in [3.8, 4) is 0 Å². The SMILES string of the molecule is CC(C)CO[C@@H]1CCN(c2ccc(C(C)NC(C)(C)C)cc2)C1. The first-order valence-electron chi connectivity index (χ1n) is 8.99. The lowest BCUT2D eigenvalue weighted by molar-refractivity contribution is 0.0497. The Balaban J connectivity index is 1.90. The van der Waals surface area contributed by atoms with Crippen LogP contribution in [0.2, 0.25) is 0 Å². The lowest BCUT2D eigenvalue weighted by atomic mass is 10.0. The monoisotopic (exact) mass is 318 g/mol. The molecule has 1 N–H and O–H groups in total. The Bertz CT molecular complexity index is 475. The Morgan fingerprint density at radius 2 is 1.83 bits per heavy atom. The van der Waals surface area contributed by atoms with Crippen molar-refractivity contribution in [2.45, 2.75) is 65.6 Å². The third-order valence-electron chi connectivity index (χ3n) is 4.22. The van der Waals surface area contributed by atoms with Gasteiger partial charge in [0.05, 0.1) is 6.10 Å². The van der Waals surface area contributed by atoms with Gasteiger partial charge >= 0.3 is 0 Å². The Hall–Kier alpha value is -1.06. The summed E-state index contributed by atoms with van der Waals surface area (Å²) in [6.07, 6.45) is 1.52. The zero-order chi connectivity index (χ0) is 17.0. The number of nitrogens with zero attached hydrogens (tertiary/aromatic N) is 1. The zero-order valence-corrected chi connectivity index (χ0v) is 15.7. The maximum atomic E-state index is 5.98. The predicted octanol–water partition coefficient (Wildman–Crippen LogP) is 4.39. The van der Waals surface area contributed by atoms with Crippen LogP contribution in [0.3, 0.4) is 0 Å². The van der Waals surface area contributed by atoms with Crippen molar-refractivity contribution in [1.29, 1.82) is 0 Å². The van der Waals surface area contributed by atoms with E-state index < -0.39 is 0 Å². The van der Waals surface area contributed by atoms with Crippen LogP contribution >= 0.6 is 0 Å². The highest BCUT2D eigenvalue weighted by Crippen LogP contribution is 2.25. The van der Waals surface area contributed by atoms with E-state index in [-0.39, 0.29) is 5.54 Å². The lowest BCUT2D eigenvalue weighted by Crippen LogP contribution is -2.37.